The summed E-state index contributed by atoms with van der Waals surface area (Å²) in [7, 11) is 1.61. The minimum atomic E-state index is -0.172. The Morgan fingerprint density at radius 2 is 2.04 bits per heavy atom. The van der Waals surface area contributed by atoms with Gasteiger partial charge in [0.15, 0.2) is 5.65 Å². The van der Waals surface area contributed by atoms with Gasteiger partial charge in [-0.1, -0.05) is 0 Å². The molecule has 1 unspecified atom stereocenters. The van der Waals surface area contributed by atoms with E-state index in [2.05, 4.69) is 10.4 Å². The van der Waals surface area contributed by atoms with Crippen molar-refractivity contribution < 1.29 is 13.9 Å². The van der Waals surface area contributed by atoms with E-state index in [9.17, 15) is 4.79 Å². The van der Waals surface area contributed by atoms with Crippen molar-refractivity contribution >= 4 is 16.9 Å². The SMILES string of the molecule is COCC(C)NC(=O)c1cc(-c2cc(C)oc2C)nc2c1cnn2C(C)C. The van der Waals surface area contributed by atoms with Crippen LogP contribution in [0.15, 0.2) is 22.7 Å². The highest BCUT2D eigenvalue weighted by Gasteiger charge is 2.21. The molecule has 144 valence electrons. The second-order valence-electron chi connectivity index (χ2n) is 7.13. The first-order valence-corrected chi connectivity index (χ1v) is 9.07. The summed E-state index contributed by atoms with van der Waals surface area (Å²) in [5, 5.41) is 8.14. The zero-order chi connectivity index (χ0) is 19.7. The molecule has 0 aliphatic carbocycles. The number of aromatic nitrogens is 3. The number of aryl methyl sites for hydroxylation is 2. The molecular weight excluding hydrogens is 344 g/mol. The standard InChI is InChI=1S/C20H26N4O3/c1-11(2)24-19-17(9-21-24)16(20(25)22-12(3)10-26-6)8-18(23-19)15-7-13(4)27-14(15)5/h7-9,11-12H,10H2,1-6H3,(H,22,25). The first kappa shape index (κ1) is 19.1. The van der Waals surface area contributed by atoms with Crippen molar-refractivity contribution in [2.45, 2.75) is 46.7 Å². The van der Waals surface area contributed by atoms with Crippen LogP contribution in [-0.4, -0.2) is 40.4 Å². The van der Waals surface area contributed by atoms with Crippen LogP contribution in [0.4, 0.5) is 0 Å². The van der Waals surface area contributed by atoms with E-state index in [1.54, 1.807) is 19.4 Å². The molecule has 7 nitrogen and oxygen atoms in total. The molecule has 0 fully saturated rings. The third-order valence-electron chi connectivity index (χ3n) is 4.41. The predicted molar refractivity (Wildman–Crippen MR) is 104 cm³/mol. The van der Waals surface area contributed by atoms with Crippen molar-refractivity contribution in [3.05, 3.63) is 35.4 Å². The molecule has 3 aromatic heterocycles. The van der Waals surface area contributed by atoms with Gasteiger partial charge < -0.3 is 14.5 Å². The number of nitrogens with zero attached hydrogens (tertiary/aromatic N) is 3. The Balaban J connectivity index is 2.16. The summed E-state index contributed by atoms with van der Waals surface area (Å²) in [5.74, 6) is 1.41. The zero-order valence-corrected chi connectivity index (χ0v) is 16.7. The summed E-state index contributed by atoms with van der Waals surface area (Å²) in [6.07, 6.45) is 1.70. The van der Waals surface area contributed by atoms with Crippen molar-refractivity contribution in [2.24, 2.45) is 0 Å². The lowest BCUT2D eigenvalue weighted by molar-refractivity contribution is 0.0907. The van der Waals surface area contributed by atoms with E-state index in [-0.39, 0.29) is 18.0 Å². The lowest BCUT2D eigenvalue weighted by atomic mass is 10.1. The van der Waals surface area contributed by atoms with Crippen LogP contribution < -0.4 is 5.32 Å². The third-order valence-corrected chi connectivity index (χ3v) is 4.41. The number of carbonyl (C=O) groups excluding carboxylic acids is 1. The van der Waals surface area contributed by atoms with Crippen LogP contribution in [0.25, 0.3) is 22.3 Å². The zero-order valence-electron chi connectivity index (χ0n) is 16.7. The number of hydrogen-bond acceptors (Lipinski definition) is 5. The number of carbonyl (C=O) groups is 1. The molecule has 0 aliphatic rings. The average Bonchev–Trinajstić information content (AvgIpc) is 3.16. The summed E-state index contributed by atoms with van der Waals surface area (Å²) in [5.41, 5.74) is 2.81. The summed E-state index contributed by atoms with van der Waals surface area (Å²) >= 11 is 0. The Bertz CT molecular complexity index is 971. The van der Waals surface area contributed by atoms with Gasteiger partial charge in [-0.2, -0.15) is 5.10 Å². The molecule has 0 aliphatic heterocycles. The lowest BCUT2D eigenvalue weighted by Crippen LogP contribution is -2.35. The third kappa shape index (κ3) is 3.73. The summed E-state index contributed by atoms with van der Waals surface area (Å²) in [4.78, 5) is 17.7. The van der Waals surface area contributed by atoms with Crippen LogP contribution in [0.2, 0.25) is 0 Å². The maximum absolute atomic E-state index is 12.9. The van der Waals surface area contributed by atoms with Gasteiger partial charge in [0.1, 0.15) is 11.5 Å². The number of fused-ring (bicyclic) bond motifs is 1. The molecule has 1 amide bonds. The predicted octanol–water partition coefficient (Wildman–Crippen LogP) is 3.65. The summed E-state index contributed by atoms with van der Waals surface area (Å²) in [6, 6.07) is 3.77. The van der Waals surface area contributed by atoms with E-state index in [0.29, 0.717) is 23.5 Å². The van der Waals surface area contributed by atoms with Gasteiger partial charge in [0.2, 0.25) is 0 Å². The molecule has 3 heterocycles. The fourth-order valence-electron chi connectivity index (χ4n) is 3.20. The van der Waals surface area contributed by atoms with Gasteiger partial charge in [-0.05, 0) is 46.8 Å². The van der Waals surface area contributed by atoms with Gasteiger partial charge in [0.25, 0.3) is 5.91 Å². The number of methoxy groups -OCH3 is 1. The normalized spacial score (nSPS) is 12.7. The Labute approximate surface area is 158 Å². The van der Waals surface area contributed by atoms with Crippen LogP contribution in [0.3, 0.4) is 0 Å². The molecule has 1 atom stereocenters. The number of amides is 1. The fraction of sp³-hybridized carbons (Fsp3) is 0.450. The van der Waals surface area contributed by atoms with Crippen LogP contribution >= 0.6 is 0 Å². The topological polar surface area (TPSA) is 82.2 Å². The smallest absolute Gasteiger partial charge is 0.252 e. The highest BCUT2D eigenvalue weighted by Crippen LogP contribution is 2.30. The minimum absolute atomic E-state index is 0.104. The van der Waals surface area contributed by atoms with E-state index in [1.807, 2.05) is 45.4 Å². The molecule has 7 heteroatoms. The number of rotatable bonds is 6. The number of nitrogens with one attached hydrogen (secondary N) is 1. The molecule has 0 bridgehead atoms. The first-order chi connectivity index (χ1) is 12.8. The lowest BCUT2D eigenvalue weighted by Gasteiger charge is -2.14. The van der Waals surface area contributed by atoms with Crippen molar-refractivity contribution in [3.8, 4) is 11.3 Å². The fourth-order valence-corrected chi connectivity index (χ4v) is 3.20. The number of pyridine rings is 1. The Hall–Kier alpha value is -2.67. The molecule has 1 N–H and O–H groups in total. The summed E-state index contributed by atoms with van der Waals surface area (Å²) < 4.78 is 12.6. The number of ether oxygens (including phenoxy) is 1. The molecule has 0 radical (unpaired) electrons. The van der Waals surface area contributed by atoms with Crippen LogP contribution in [0.1, 0.15) is 48.7 Å². The van der Waals surface area contributed by atoms with Crippen LogP contribution in [0.5, 0.6) is 0 Å². The van der Waals surface area contributed by atoms with Crippen LogP contribution in [-0.2, 0) is 4.74 Å². The summed E-state index contributed by atoms with van der Waals surface area (Å²) in [6.45, 7) is 10.2. The van der Waals surface area contributed by atoms with Crippen molar-refractivity contribution in [1.82, 2.24) is 20.1 Å². The second-order valence-corrected chi connectivity index (χ2v) is 7.13. The molecule has 0 saturated carbocycles. The molecule has 27 heavy (non-hydrogen) atoms. The Morgan fingerprint density at radius 3 is 2.63 bits per heavy atom. The molecule has 3 aromatic rings. The maximum Gasteiger partial charge on any atom is 0.252 e. The number of hydrogen-bond donors (Lipinski definition) is 1. The highest BCUT2D eigenvalue weighted by molar-refractivity contribution is 6.06. The quantitative estimate of drug-likeness (QED) is 0.716. The highest BCUT2D eigenvalue weighted by atomic mass is 16.5. The van der Waals surface area contributed by atoms with E-state index in [1.165, 1.54) is 0 Å². The molecule has 3 rings (SSSR count). The van der Waals surface area contributed by atoms with Gasteiger partial charge in [0.05, 0.1) is 29.4 Å². The molecule has 0 saturated heterocycles. The second kappa shape index (κ2) is 7.52. The molecule has 0 spiro atoms. The largest absolute Gasteiger partial charge is 0.466 e. The molecule has 0 aromatic carbocycles. The van der Waals surface area contributed by atoms with E-state index >= 15 is 0 Å². The monoisotopic (exact) mass is 370 g/mol. The number of furan rings is 1. The van der Waals surface area contributed by atoms with Gasteiger partial charge in [-0.25, -0.2) is 9.67 Å². The first-order valence-electron chi connectivity index (χ1n) is 9.07. The van der Waals surface area contributed by atoms with E-state index < -0.39 is 0 Å². The Morgan fingerprint density at radius 1 is 1.30 bits per heavy atom. The van der Waals surface area contributed by atoms with Gasteiger partial charge in [-0.15, -0.1) is 0 Å². The van der Waals surface area contributed by atoms with Crippen molar-refractivity contribution in [3.63, 3.8) is 0 Å². The van der Waals surface area contributed by atoms with Gasteiger partial charge in [-0.3, -0.25) is 4.79 Å². The molecular formula is C20H26N4O3. The van der Waals surface area contributed by atoms with Gasteiger partial charge >= 0.3 is 0 Å². The van der Waals surface area contributed by atoms with E-state index in [4.69, 9.17) is 14.1 Å². The van der Waals surface area contributed by atoms with Crippen LogP contribution in [0, 0.1) is 13.8 Å². The van der Waals surface area contributed by atoms with Gasteiger partial charge in [0, 0.05) is 24.8 Å². The average molecular weight is 370 g/mol. The maximum atomic E-state index is 12.9. The van der Waals surface area contributed by atoms with E-state index in [0.717, 1.165) is 22.5 Å². The van der Waals surface area contributed by atoms with Crippen molar-refractivity contribution in [1.29, 1.82) is 0 Å². The minimum Gasteiger partial charge on any atom is -0.466 e. The Kier molecular flexibility index (Phi) is 5.32. The van der Waals surface area contributed by atoms with Crippen molar-refractivity contribution in [2.75, 3.05) is 13.7 Å².